The fourth-order valence-electron chi connectivity index (χ4n) is 6.35. The van der Waals surface area contributed by atoms with Crippen LogP contribution in [0.3, 0.4) is 0 Å². The quantitative estimate of drug-likeness (QED) is 0.126. The molecule has 0 spiro atoms. The Kier molecular flexibility index (Phi) is 10.1. The molecule has 0 saturated heterocycles. The Morgan fingerprint density at radius 3 is 0.870 bits per heavy atom. The molecule has 0 heterocycles. The summed E-state index contributed by atoms with van der Waals surface area (Å²) in [5, 5.41) is 0. The van der Waals surface area contributed by atoms with Crippen molar-refractivity contribution in [3.05, 3.63) is 206 Å². The van der Waals surface area contributed by atoms with Gasteiger partial charge in [0.05, 0.1) is 18.0 Å². The average Bonchev–Trinajstić information content (AvgIpc) is 3.15. The molecule has 7 rings (SSSR count). The van der Waals surface area contributed by atoms with E-state index >= 15 is 0 Å². The van der Waals surface area contributed by atoms with Gasteiger partial charge >= 0.3 is 0 Å². The van der Waals surface area contributed by atoms with Crippen LogP contribution in [-0.2, 0) is 10.9 Å². The fraction of sp³-hybridized carbons (Fsp3) is 0.0233. The van der Waals surface area contributed by atoms with Gasteiger partial charge in [0.2, 0.25) is 0 Å². The lowest BCUT2D eigenvalue weighted by molar-refractivity contribution is 0.414. The molecule has 46 heavy (non-hydrogen) atoms. The molecule has 3 heteroatoms. The highest BCUT2D eigenvalue weighted by molar-refractivity contribution is 7.97. The van der Waals surface area contributed by atoms with E-state index in [0.29, 0.717) is 0 Å². The molecular formula is C43H37BOS. The van der Waals surface area contributed by atoms with Crippen molar-refractivity contribution in [1.82, 2.24) is 0 Å². The van der Waals surface area contributed by atoms with Crippen LogP contribution in [0.15, 0.2) is 221 Å². The molecular weight excluding hydrogens is 575 g/mol. The molecule has 1 nitrogen and oxygen atoms in total. The zero-order valence-electron chi connectivity index (χ0n) is 26.0. The maximum absolute atomic E-state index is 5.26. The molecule has 0 unspecified atom stereocenters. The molecule has 0 atom stereocenters. The van der Waals surface area contributed by atoms with Gasteiger partial charge < -0.3 is 4.74 Å². The second-order valence-corrected chi connectivity index (χ2v) is 13.1. The molecule has 0 aliphatic rings. The molecule has 0 N–H and O–H groups in total. The van der Waals surface area contributed by atoms with Crippen LogP contribution in [0.4, 0.5) is 0 Å². The van der Waals surface area contributed by atoms with Crippen molar-refractivity contribution < 1.29 is 4.74 Å². The summed E-state index contributed by atoms with van der Waals surface area (Å²) in [4.78, 5) is 3.95. The number of methoxy groups -OCH3 is 1. The lowest BCUT2D eigenvalue weighted by Gasteiger charge is -2.44. The van der Waals surface area contributed by atoms with Gasteiger partial charge in [-0.25, -0.2) is 0 Å². The Morgan fingerprint density at radius 1 is 0.326 bits per heavy atom. The zero-order chi connectivity index (χ0) is 31.4. The summed E-state index contributed by atoms with van der Waals surface area (Å²) in [5.74, 6) is 0.892. The molecule has 7 aromatic carbocycles. The summed E-state index contributed by atoms with van der Waals surface area (Å²) in [6, 6.07) is 73.2. The standard InChI is InChI=1S/C24H20B.C19H17OS/c1-5-13-21(14-6-1)25(22-15-7-2-8-16-22,23-17-9-3-10-18-23)24-19-11-4-12-20-24;1-20-16-12-14-19(15-13-16)21(17-8-4-2-5-9-17)18-10-6-3-7-11-18/h1-20H;2-15H,1H3/q-1;+1. The van der Waals surface area contributed by atoms with Crippen molar-refractivity contribution in [3.8, 4) is 5.75 Å². The first-order valence-corrected chi connectivity index (χ1v) is 16.9. The van der Waals surface area contributed by atoms with E-state index in [4.69, 9.17) is 4.74 Å². The van der Waals surface area contributed by atoms with Gasteiger partial charge in [0, 0.05) is 0 Å². The number of hydrogen-bond acceptors (Lipinski definition) is 1. The van der Waals surface area contributed by atoms with Gasteiger partial charge in [0.25, 0.3) is 0 Å². The lowest BCUT2D eigenvalue weighted by Crippen LogP contribution is -2.74. The van der Waals surface area contributed by atoms with Crippen LogP contribution < -0.4 is 26.6 Å². The highest BCUT2D eigenvalue weighted by Crippen LogP contribution is 2.31. The van der Waals surface area contributed by atoms with Crippen LogP contribution in [0.5, 0.6) is 5.75 Å². The van der Waals surface area contributed by atoms with Gasteiger partial charge in [0.1, 0.15) is 11.9 Å². The number of rotatable bonds is 8. The second kappa shape index (κ2) is 15.2. The van der Waals surface area contributed by atoms with Crippen LogP contribution in [0.1, 0.15) is 0 Å². The van der Waals surface area contributed by atoms with Crippen molar-refractivity contribution in [3.63, 3.8) is 0 Å². The Balaban J connectivity index is 0.000000164. The summed E-state index contributed by atoms with van der Waals surface area (Å²) in [6.07, 6.45) is -1.22. The summed E-state index contributed by atoms with van der Waals surface area (Å²) in [7, 11) is 1.62. The topological polar surface area (TPSA) is 9.23 Å². The normalized spacial score (nSPS) is 10.9. The van der Waals surface area contributed by atoms with E-state index in [0.717, 1.165) is 5.75 Å². The summed E-state index contributed by atoms with van der Waals surface area (Å²) in [5.41, 5.74) is 5.36. The third-order valence-electron chi connectivity index (χ3n) is 8.45. The molecule has 0 aromatic heterocycles. The zero-order valence-corrected chi connectivity index (χ0v) is 26.8. The molecule has 0 saturated carbocycles. The number of hydrogen-bond donors (Lipinski definition) is 0. The minimum absolute atomic E-state index is 0.0804. The third kappa shape index (κ3) is 6.71. The van der Waals surface area contributed by atoms with Crippen molar-refractivity contribution >= 4 is 38.9 Å². The Bertz CT molecular complexity index is 1680. The first-order valence-electron chi connectivity index (χ1n) is 15.7. The van der Waals surface area contributed by atoms with Gasteiger partial charge in [-0.1, -0.05) is 158 Å². The molecule has 7 aromatic rings. The Morgan fingerprint density at radius 2 is 0.587 bits per heavy atom. The van der Waals surface area contributed by atoms with Gasteiger partial charge in [-0.05, 0) is 48.5 Å². The first-order chi connectivity index (χ1) is 22.8. The van der Waals surface area contributed by atoms with E-state index < -0.39 is 6.15 Å². The van der Waals surface area contributed by atoms with Crippen molar-refractivity contribution in [1.29, 1.82) is 0 Å². The summed E-state index contributed by atoms with van der Waals surface area (Å²) in [6.45, 7) is 0. The maximum atomic E-state index is 5.26. The molecule has 0 bridgehead atoms. The van der Waals surface area contributed by atoms with E-state index in [1.165, 1.54) is 36.5 Å². The molecule has 0 radical (unpaired) electrons. The minimum atomic E-state index is -1.22. The van der Waals surface area contributed by atoms with Crippen molar-refractivity contribution in [2.45, 2.75) is 14.7 Å². The monoisotopic (exact) mass is 612 g/mol. The van der Waals surface area contributed by atoms with E-state index in [2.05, 4.69) is 194 Å². The van der Waals surface area contributed by atoms with Crippen LogP contribution in [0.25, 0.3) is 0 Å². The SMILES string of the molecule is COc1ccc([S+](c2ccccc2)c2ccccc2)cc1.c1ccc([B-](c2ccccc2)(c2ccccc2)c2ccccc2)cc1. The predicted molar refractivity (Wildman–Crippen MR) is 198 cm³/mol. The van der Waals surface area contributed by atoms with E-state index in [1.54, 1.807) is 7.11 Å². The van der Waals surface area contributed by atoms with E-state index in [9.17, 15) is 0 Å². The Labute approximate surface area is 276 Å². The number of benzene rings is 7. The fourth-order valence-corrected chi connectivity index (χ4v) is 8.44. The first kappa shape index (κ1) is 30.8. The second-order valence-electron chi connectivity index (χ2n) is 11.1. The average molecular weight is 613 g/mol. The van der Waals surface area contributed by atoms with Crippen LogP contribution >= 0.6 is 0 Å². The van der Waals surface area contributed by atoms with Crippen molar-refractivity contribution in [2.75, 3.05) is 7.11 Å². The van der Waals surface area contributed by atoms with Gasteiger partial charge in [-0.2, -0.15) is 21.9 Å². The predicted octanol–water partition coefficient (Wildman–Crippen LogP) is 7.85. The molecule has 0 amide bonds. The van der Waals surface area contributed by atoms with Crippen molar-refractivity contribution in [2.24, 2.45) is 0 Å². The maximum Gasteiger partial charge on any atom is 0.166 e. The van der Waals surface area contributed by atoms with Crippen LogP contribution in [0, 0.1) is 0 Å². The third-order valence-corrected chi connectivity index (χ3v) is 10.7. The summed E-state index contributed by atoms with van der Waals surface area (Å²) >= 11 is 0. The van der Waals surface area contributed by atoms with E-state index in [-0.39, 0.29) is 10.9 Å². The molecule has 224 valence electrons. The molecule has 0 aliphatic heterocycles. The largest absolute Gasteiger partial charge is 0.497 e. The molecule has 0 aliphatic carbocycles. The minimum Gasteiger partial charge on any atom is -0.497 e. The smallest absolute Gasteiger partial charge is 0.166 e. The molecule has 0 fully saturated rings. The van der Waals surface area contributed by atoms with Crippen LogP contribution in [0.2, 0.25) is 0 Å². The summed E-state index contributed by atoms with van der Waals surface area (Å²) < 4.78 is 5.26. The van der Waals surface area contributed by atoms with Gasteiger partial charge in [0.15, 0.2) is 14.7 Å². The van der Waals surface area contributed by atoms with Crippen LogP contribution in [-0.4, -0.2) is 13.3 Å². The van der Waals surface area contributed by atoms with Gasteiger partial charge in [-0.15, -0.1) is 0 Å². The highest BCUT2D eigenvalue weighted by atomic mass is 32.2. The highest BCUT2D eigenvalue weighted by Gasteiger charge is 2.31. The van der Waals surface area contributed by atoms with E-state index in [1.807, 2.05) is 12.1 Å². The van der Waals surface area contributed by atoms with Gasteiger partial charge in [-0.3, -0.25) is 0 Å². The lowest BCUT2D eigenvalue weighted by atomic mass is 9.13. The number of ether oxygens (including phenoxy) is 1. The Hall–Kier alpha value is -5.25.